The highest BCUT2D eigenvalue weighted by Crippen LogP contribution is 2.31. The number of benzene rings is 1. The zero-order valence-corrected chi connectivity index (χ0v) is 15.2. The van der Waals surface area contributed by atoms with Crippen molar-refractivity contribution in [1.82, 2.24) is 15.3 Å². The number of pyridine rings is 1. The van der Waals surface area contributed by atoms with Crippen molar-refractivity contribution in [1.29, 1.82) is 0 Å². The Hall–Kier alpha value is -2.38. The van der Waals surface area contributed by atoms with Gasteiger partial charge in [0.05, 0.1) is 11.7 Å². The number of hydrogen-bond donors (Lipinski definition) is 2. The molecule has 4 rings (SSSR count). The number of urea groups is 1. The Bertz CT molecular complexity index is 866. The van der Waals surface area contributed by atoms with E-state index in [4.69, 9.17) is 0 Å². The fourth-order valence-electron chi connectivity index (χ4n) is 2.98. The summed E-state index contributed by atoms with van der Waals surface area (Å²) < 4.78 is 0. The van der Waals surface area contributed by atoms with Crippen LogP contribution in [-0.2, 0) is 6.42 Å². The van der Waals surface area contributed by atoms with Gasteiger partial charge >= 0.3 is 6.03 Å². The first kappa shape index (κ1) is 17.4. The molecule has 0 unspecified atom stereocenters. The quantitative estimate of drug-likeness (QED) is 0.728. The number of nitrogens with one attached hydrogen (secondary N) is 2. The van der Waals surface area contributed by atoms with Crippen LogP contribution in [0.3, 0.4) is 0 Å². The average Bonchev–Trinajstić information content (AvgIpc) is 3.23. The molecule has 3 aromatic rings. The SMILES string of the molecule is O=C(Nc1nc(-c2ccncc2)cs1)N[C@H]1CCc2ccccc21.S. The van der Waals surface area contributed by atoms with E-state index >= 15 is 0 Å². The molecule has 1 aromatic carbocycles. The van der Waals surface area contributed by atoms with Crippen LogP contribution in [0.25, 0.3) is 11.3 Å². The highest BCUT2D eigenvalue weighted by molar-refractivity contribution is 7.59. The fourth-order valence-corrected chi connectivity index (χ4v) is 3.70. The molecular formula is C18H18N4OS2. The highest BCUT2D eigenvalue weighted by atomic mass is 32.1. The third-order valence-corrected chi connectivity index (χ3v) is 4.90. The minimum Gasteiger partial charge on any atom is -0.331 e. The Balaban J connectivity index is 0.00000182. The Morgan fingerprint density at radius 3 is 2.80 bits per heavy atom. The summed E-state index contributed by atoms with van der Waals surface area (Å²) in [6, 6.07) is 11.9. The molecule has 0 saturated heterocycles. The highest BCUT2D eigenvalue weighted by Gasteiger charge is 2.23. The number of carbonyl (C=O) groups excluding carboxylic acids is 1. The standard InChI is InChI=1S/C18H16N4OS.H2S/c23-17(20-15-6-5-12-3-1-2-4-14(12)15)22-18-21-16(11-24-18)13-7-9-19-10-8-13;/h1-4,7-11,15H,5-6H2,(H2,20,21,22,23);1H2/t15-;/m0./s1. The predicted octanol–water partition coefficient (Wildman–Crippen LogP) is 4.13. The molecule has 25 heavy (non-hydrogen) atoms. The number of rotatable bonds is 3. The molecule has 0 radical (unpaired) electrons. The molecule has 0 aliphatic heterocycles. The number of aryl methyl sites for hydroxylation is 1. The van der Waals surface area contributed by atoms with Crippen molar-refractivity contribution in [2.24, 2.45) is 0 Å². The first-order chi connectivity index (χ1) is 11.8. The van der Waals surface area contributed by atoms with E-state index in [1.807, 2.05) is 29.6 Å². The van der Waals surface area contributed by atoms with Crippen LogP contribution in [0.4, 0.5) is 9.93 Å². The fraction of sp³-hybridized carbons (Fsp3) is 0.167. The second-order valence-corrected chi connectivity index (χ2v) is 6.52. The first-order valence-corrected chi connectivity index (χ1v) is 8.69. The third-order valence-electron chi connectivity index (χ3n) is 4.14. The summed E-state index contributed by atoms with van der Waals surface area (Å²) in [6.07, 6.45) is 5.40. The Labute approximate surface area is 157 Å². The maximum atomic E-state index is 12.3. The Morgan fingerprint density at radius 2 is 1.96 bits per heavy atom. The normalized spacial score (nSPS) is 15.1. The van der Waals surface area contributed by atoms with Gasteiger partial charge in [0.25, 0.3) is 0 Å². The van der Waals surface area contributed by atoms with Gasteiger partial charge in [0, 0.05) is 23.3 Å². The Kier molecular flexibility index (Phi) is 5.35. The molecular weight excluding hydrogens is 352 g/mol. The van der Waals surface area contributed by atoms with Crippen LogP contribution < -0.4 is 10.6 Å². The van der Waals surface area contributed by atoms with Crippen LogP contribution in [0.5, 0.6) is 0 Å². The molecule has 0 saturated carbocycles. The van der Waals surface area contributed by atoms with Crippen molar-refractivity contribution >= 4 is 36.0 Å². The second kappa shape index (κ2) is 7.67. The predicted molar refractivity (Wildman–Crippen MR) is 105 cm³/mol. The molecule has 1 aliphatic rings. The van der Waals surface area contributed by atoms with Crippen LogP contribution in [0.2, 0.25) is 0 Å². The van der Waals surface area contributed by atoms with Gasteiger partial charge in [0.15, 0.2) is 5.13 Å². The molecule has 1 atom stereocenters. The van der Waals surface area contributed by atoms with Crippen LogP contribution in [0.1, 0.15) is 23.6 Å². The van der Waals surface area contributed by atoms with E-state index in [2.05, 4.69) is 32.7 Å². The summed E-state index contributed by atoms with van der Waals surface area (Å²) in [6.45, 7) is 0. The third kappa shape index (κ3) is 3.83. The van der Waals surface area contributed by atoms with E-state index in [0.29, 0.717) is 5.13 Å². The van der Waals surface area contributed by atoms with Crippen LogP contribution >= 0.6 is 24.8 Å². The van der Waals surface area contributed by atoms with Crippen molar-refractivity contribution in [3.8, 4) is 11.3 Å². The summed E-state index contributed by atoms with van der Waals surface area (Å²) in [4.78, 5) is 20.7. The van der Waals surface area contributed by atoms with Gasteiger partial charge in [-0.1, -0.05) is 24.3 Å². The van der Waals surface area contributed by atoms with Crippen LogP contribution in [0.15, 0.2) is 54.2 Å². The van der Waals surface area contributed by atoms with Crippen molar-refractivity contribution in [2.45, 2.75) is 18.9 Å². The van der Waals surface area contributed by atoms with Crippen molar-refractivity contribution in [2.75, 3.05) is 5.32 Å². The van der Waals surface area contributed by atoms with Gasteiger partial charge in [-0.15, -0.1) is 11.3 Å². The minimum atomic E-state index is -0.215. The van der Waals surface area contributed by atoms with Gasteiger partial charge < -0.3 is 5.32 Å². The maximum Gasteiger partial charge on any atom is 0.321 e. The summed E-state index contributed by atoms with van der Waals surface area (Å²) in [5.74, 6) is 0. The van der Waals surface area contributed by atoms with E-state index < -0.39 is 0 Å². The maximum absolute atomic E-state index is 12.3. The van der Waals surface area contributed by atoms with E-state index in [1.54, 1.807) is 12.4 Å². The molecule has 5 nitrogen and oxygen atoms in total. The summed E-state index contributed by atoms with van der Waals surface area (Å²) >= 11 is 1.41. The van der Waals surface area contributed by atoms with Gasteiger partial charge in [0.1, 0.15) is 0 Å². The number of anilines is 1. The molecule has 0 bridgehead atoms. The Morgan fingerprint density at radius 1 is 1.16 bits per heavy atom. The minimum absolute atomic E-state index is 0. The molecule has 7 heteroatoms. The summed E-state index contributed by atoms with van der Waals surface area (Å²) in [7, 11) is 0. The largest absolute Gasteiger partial charge is 0.331 e. The topological polar surface area (TPSA) is 66.9 Å². The number of aromatic nitrogens is 2. The van der Waals surface area contributed by atoms with E-state index in [0.717, 1.165) is 24.1 Å². The van der Waals surface area contributed by atoms with Crippen LogP contribution in [-0.4, -0.2) is 16.0 Å². The smallest absolute Gasteiger partial charge is 0.321 e. The zero-order valence-electron chi connectivity index (χ0n) is 13.4. The van der Waals surface area contributed by atoms with Crippen molar-refractivity contribution in [3.63, 3.8) is 0 Å². The molecule has 128 valence electrons. The second-order valence-electron chi connectivity index (χ2n) is 5.66. The van der Waals surface area contributed by atoms with Crippen molar-refractivity contribution in [3.05, 3.63) is 65.3 Å². The van der Waals surface area contributed by atoms with E-state index in [-0.39, 0.29) is 25.6 Å². The number of nitrogens with zero attached hydrogens (tertiary/aromatic N) is 2. The van der Waals surface area contributed by atoms with E-state index in [9.17, 15) is 4.79 Å². The lowest BCUT2D eigenvalue weighted by molar-refractivity contribution is 0.248. The molecule has 2 aromatic heterocycles. The number of fused-ring (bicyclic) bond motifs is 1. The van der Waals surface area contributed by atoms with Crippen LogP contribution in [0, 0.1) is 0 Å². The monoisotopic (exact) mass is 370 g/mol. The van der Waals surface area contributed by atoms with Gasteiger partial charge in [-0.3, -0.25) is 10.3 Å². The molecule has 2 N–H and O–H groups in total. The zero-order chi connectivity index (χ0) is 16.4. The number of amides is 2. The van der Waals surface area contributed by atoms with Gasteiger partial charge in [0.2, 0.25) is 0 Å². The molecule has 2 heterocycles. The number of carbonyl (C=O) groups is 1. The summed E-state index contributed by atoms with van der Waals surface area (Å²) in [5, 5.41) is 8.39. The average molecular weight is 371 g/mol. The lowest BCUT2D eigenvalue weighted by Gasteiger charge is -2.13. The lowest BCUT2D eigenvalue weighted by Crippen LogP contribution is -2.31. The van der Waals surface area contributed by atoms with E-state index in [1.165, 1.54) is 22.5 Å². The van der Waals surface area contributed by atoms with Gasteiger partial charge in [-0.25, -0.2) is 9.78 Å². The van der Waals surface area contributed by atoms with Gasteiger partial charge in [-0.05, 0) is 36.1 Å². The summed E-state index contributed by atoms with van der Waals surface area (Å²) in [5.41, 5.74) is 4.35. The number of hydrogen-bond acceptors (Lipinski definition) is 4. The van der Waals surface area contributed by atoms with Gasteiger partial charge in [-0.2, -0.15) is 13.5 Å². The molecule has 0 spiro atoms. The lowest BCUT2D eigenvalue weighted by atomic mass is 10.1. The van der Waals surface area contributed by atoms with Crippen molar-refractivity contribution < 1.29 is 4.79 Å². The molecule has 0 fully saturated rings. The molecule has 2 amide bonds. The first-order valence-electron chi connectivity index (χ1n) is 7.81. The number of thiazole rings is 1. The molecule has 1 aliphatic carbocycles.